The second kappa shape index (κ2) is 5.91. The summed E-state index contributed by atoms with van der Waals surface area (Å²) < 4.78 is 5.40. The molecule has 0 unspecified atom stereocenters. The molecule has 0 bridgehead atoms. The number of phenols is 1. The van der Waals surface area contributed by atoms with E-state index in [-0.39, 0.29) is 5.75 Å². The quantitative estimate of drug-likeness (QED) is 0.642. The van der Waals surface area contributed by atoms with Gasteiger partial charge in [0.25, 0.3) is 0 Å². The van der Waals surface area contributed by atoms with Gasteiger partial charge in [0, 0.05) is 6.07 Å². The molecule has 1 N–H and O–H groups in total. The molecule has 0 aliphatic heterocycles. The molecule has 0 amide bonds. The summed E-state index contributed by atoms with van der Waals surface area (Å²) in [6.07, 6.45) is 3.92. The summed E-state index contributed by atoms with van der Waals surface area (Å²) in [7, 11) is 0. The summed E-state index contributed by atoms with van der Waals surface area (Å²) >= 11 is 0. The Kier molecular flexibility index (Phi) is 4.04. The van der Waals surface area contributed by atoms with E-state index in [1.165, 1.54) is 0 Å². The summed E-state index contributed by atoms with van der Waals surface area (Å²) in [6.45, 7) is 5.45. The number of hydrogen-bond acceptors (Lipinski definition) is 2. The highest BCUT2D eigenvalue weighted by Crippen LogP contribution is 2.24. The molecule has 0 saturated heterocycles. The molecule has 96 valence electrons. The zero-order chi connectivity index (χ0) is 13.7. The predicted octanol–water partition coefficient (Wildman–Crippen LogP) is 4.48. The van der Waals surface area contributed by atoms with Crippen LogP contribution >= 0.6 is 0 Å². The van der Waals surface area contributed by atoms with Gasteiger partial charge in [0.1, 0.15) is 11.5 Å². The van der Waals surface area contributed by atoms with Crippen molar-refractivity contribution in [2.45, 2.75) is 6.92 Å². The van der Waals surface area contributed by atoms with Gasteiger partial charge < -0.3 is 9.84 Å². The second-order valence-electron chi connectivity index (χ2n) is 4.31. The molecule has 2 nitrogen and oxygen atoms in total. The van der Waals surface area contributed by atoms with E-state index >= 15 is 0 Å². The van der Waals surface area contributed by atoms with Gasteiger partial charge in [-0.1, -0.05) is 49.1 Å². The van der Waals surface area contributed by atoms with Crippen LogP contribution < -0.4 is 4.74 Å². The van der Waals surface area contributed by atoms with Crippen LogP contribution in [0.2, 0.25) is 0 Å². The van der Waals surface area contributed by atoms with Crippen LogP contribution in [0.3, 0.4) is 0 Å². The van der Waals surface area contributed by atoms with Crippen LogP contribution in [0, 0.1) is 0 Å². The monoisotopic (exact) mass is 252 g/mol. The molecule has 0 fully saturated rings. The van der Waals surface area contributed by atoms with E-state index < -0.39 is 0 Å². The van der Waals surface area contributed by atoms with Gasteiger partial charge in [-0.05, 0) is 30.2 Å². The van der Waals surface area contributed by atoms with Gasteiger partial charge in [-0.3, -0.25) is 0 Å². The first kappa shape index (κ1) is 13.0. The van der Waals surface area contributed by atoms with Crippen LogP contribution in [-0.4, -0.2) is 5.11 Å². The standard InChI is InChI=1S/C17H16O2/c1-13(2)19-17-11-15(10-16(18)12-17)9-8-14-6-4-3-5-7-14/h3-12,18H,1H2,2H3/b9-8+. The molecule has 2 aromatic carbocycles. The lowest BCUT2D eigenvalue weighted by Gasteiger charge is -2.06. The minimum Gasteiger partial charge on any atom is -0.508 e. The minimum absolute atomic E-state index is 0.173. The molecule has 0 heterocycles. The topological polar surface area (TPSA) is 29.5 Å². The van der Waals surface area contributed by atoms with Crippen LogP contribution in [0.4, 0.5) is 0 Å². The first-order valence-electron chi connectivity index (χ1n) is 6.04. The number of benzene rings is 2. The molecule has 2 rings (SSSR count). The van der Waals surface area contributed by atoms with Crippen molar-refractivity contribution in [1.82, 2.24) is 0 Å². The second-order valence-corrected chi connectivity index (χ2v) is 4.31. The number of hydrogen-bond donors (Lipinski definition) is 1. The van der Waals surface area contributed by atoms with E-state index in [0.29, 0.717) is 11.5 Å². The van der Waals surface area contributed by atoms with Gasteiger partial charge in [0.05, 0.1) is 5.76 Å². The van der Waals surface area contributed by atoms with Gasteiger partial charge in [-0.2, -0.15) is 0 Å². The molecule has 0 aliphatic carbocycles. The summed E-state index contributed by atoms with van der Waals surface area (Å²) in [5.74, 6) is 1.34. The highest BCUT2D eigenvalue weighted by molar-refractivity contribution is 5.70. The lowest BCUT2D eigenvalue weighted by Crippen LogP contribution is -1.88. The van der Waals surface area contributed by atoms with E-state index in [1.54, 1.807) is 19.1 Å². The third-order valence-corrected chi connectivity index (χ3v) is 2.47. The van der Waals surface area contributed by atoms with Crippen molar-refractivity contribution in [3.05, 3.63) is 72.0 Å². The third kappa shape index (κ3) is 4.03. The number of aromatic hydroxyl groups is 1. The van der Waals surface area contributed by atoms with E-state index in [4.69, 9.17) is 4.74 Å². The third-order valence-electron chi connectivity index (χ3n) is 2.47. The molecule has 0 atom stereocenters. The van der Waals surface area contributed by atoms with Gasteiger partial charge in [-0.25, -0.2) is 0 Å². The fourth-order valence-electron chi connectivity index (χ4n) is 1.72. The summed E-state index contributed by atoms with van der Waals surface area (Å²) in [5, 5.41) is 9.66. The molecule has 0 spiro atoms. The highest BCUT2D eigenvalue weighted by atomic mass is 16.5. The maximum atomic E-state index is 9.66. The van der Waals surface area contributed by atoms with Crippen molar-refractivity contribution in [1.29, 1.82) is 0 Å². The number of ether oxygens (including phenoxy) is 1. The molecular formula is C17H16O2. The van der Waals surface area contributed by atoms with Crippen LogP contribution in [0.1, 0.15) is 18.1 Å². The Balaban J connectivity index is 2.23. The number of phenolic OH excluding ortho intramolecular Hbond substituents is 1. The van der Waals surface area contributed by atoms with Crippen molar-refractivity contribution in [3.63, 3.8) is 0 Å². The Labute approximate surface area is 113 Å². The van der Waals surface area contributed by atoms with Crippen molar-refractivity contribution >= 4 is 12.2 Å². The van der Waals surface area contributed by atoms with E-state index in [9.17, 15) is 5.11 Å². The molecular weight excluding hydrogens is 236 g/mol. The Morgan fingerprint density at radius 3 is 2.42 bits per heavy atom. The average Bonchev–Trinajstić information content (AvgIpc) is 2.36. The molecule has 2 heteroatoms. The minimum atomic E-state index is 0.173. The lowest BCUT2D eigenvalue weighted by atomic mass is 10.1. The maximum Gasteiger partial charge on any atom is 0.131 e. The lowest BCUT2D eigenvalue weighted by molar-refractivity contribution is 0.421. The van der Waals surface area contributed by atoms with Gasteiger partial charge >= 0.3 is 0 Å². The first-order chi connectivity index (χ1) is 9.13. The fraction of sp³-hybridized carbons (Fsp3) is 0.0588. The predicted molar refractivity (Wildman–Crippen MR) is 78.9 cm³/mol. The smallest absolute Gasteiger partial charge is 0.131 e. The molecule has 2 aromatic rings. The molecule has 0 aromatic heterocycles. The Morgan fingerprint density at radius 1 is 1.05 bits per heavy atom. The van der Waals surface area contributed by atoms with Crippen molar-refractivity contribution in [3.8, 4) is 11.5 Å². The first-order valence-corrected chi connectivity index (χ1v) is 6.04. The maximum absolute atomic E-state index is 9.66. The SMILES string of the molecule is C=C(C)Oc1cc(O)cc(/C=C/c2ccccc2)c1. The Bertz CT molecular complexity index is 598. The fourth-order valence-corrected chi connectivity index (χ4v) is 1.72. The molecule has 0 radical (unpaired) electrons. The van der Waals surface area contributed by atoms with Gasteiger partial charge in [0.15, 0.2) is 0 Å². The van der Waals surface area contributed by atoms with Gasteiger partial charge in [0.2, 0.25) is 0 Å². The van der Waals surface area contributed by atoms with Gasteiger partial charge in [-0.15, -0.1) is 0 Å². The van der Waals surface area contributed by atoms with Crippen molar-refractivity contribution < 1.29 is 9.84 Å². The van der Waals surface area contributed by atoms with Crippen LogP contribution in [0.25, 0.3) is 12.2 Å². The zero-order valence-corrected chi connectivity index (χ0v) is 10.8. The normalized spacial score (nSPS) is 10.6. The van der Waals surface area contributed by atoms with E-state index in [2.05, 4.69) is 6.58 Å². The molecule has 19 heavy (non-hydrogen) atoms. The van der Waals surface area contributed by atoms with Crippen LogP contribution in [-0.2, 0) is 0 Å². The summed E-state index contributed by atoms with van der Waals surface area (Å²) in [4.78, 5) is 0. The highest BCUT2D eigenvalue weighted by Gasteiger charge is 1.99. The van der Waals surface area contributed by atoms with E-state index in [1.807, 2.05) is 48.6 Å². The largest absolute Gasteiger partial charge is 0.508 e. The summed E-state index contributed by atoms with van der Waals surface area (Å²) in [5.41, 5.74) is 1.98. The number of allylic oxidation sites excluding steroid dienone is 1. The van der Waals surface area contributed by atoms with Crippen molar-refractivity contribution in [2.24, 2.45) is 0 Å². The zero-order valence-electron chi connectivity index (χ0n) is 10.8. The number of rotatable bonds is 4. The molecule has 0 aliphatic rings. The van der Waals surface area contributed by atoms with Crippen LogP contribution in [0.15, 0.2) is 60.9 Å². The Hall–Kier alpha value is -2.48. The summed E-state index contributed by atoms with van der Waals surface area (Å²) in [6, 6.07) is 15.1. The Morgan fingerprint density at radius 2 is 1.74 bits per heavy atom. The molecule has 0 saturated carbocycles. The van der Waals surface area contributed by atoms with Crippen LogP contribution in [0.5, 0.6) is 11.5 Å². The van der Waals surface area contributed by atoms with E-state index in [0.717, 1.165) is 11.1 Å². The van der Waals surface area contributed by atoms with Crippen molar-refractivity contribution in [2.75, 3.05) is 0 Å². The average molecular weight is 252 g/mol.